The molecule has 3 rings (SSSR count). The Morgan fingerprint density at radius 3 is 2.64 bits per heavy atom. The number of benzene rings is 2. The van der Waals surface area contributed by atoms with Crippen molar-refractivity contribution in [2.75, 3.05) is 6.54 Å². The number of hydrogen-bond acceptors (Lipinski definition) is 1. The molecule has 0 aromatic heterocycles. The van der Waals surface area contributed by atoms with E-state index >= 15 is 0 Å². The van der Waals surface area contributed by atoms with Gasteiger partial charge in [-0.05, 0) is 43.5 Å². The van der Waals surface area contributed by atoms with Crippen LogP contribution in [0.15, 0.2) is 42.5 Å². The van der Waals surface area contributed by atoms with Gasteiger partial charge in [0.05, 0.1) is 11.6 Å². The molecule has 0 bridgehead atoms. The number of rotatable bonds is 2. The highest BCUT2D eigenvalue weighted by Gasteiger charge is 2.31. The molecule has 0 N–H and O–H groups in total. The number of carbonyl (C=O) groups is 1. The SMILES string of the molecule is Cc1ccc(C2CCCN2C(=O)c2ccc(Cl)cc2F)cc1. The maximum atomic E-state index is 14.0. The summed E-state index contributed by atoms with van der Waals surface area (Å²) in [7, 11) is 0. The van der Waals surface area contributed by atoms with Gasteiger partial charge in [0.2, 0.25) is 0 Å². The van der Waals surface area contributed by atoms with Crippen LogP contribution in [0.4, 0.5) is 4.39 Å². The molecule has 22 heavy (non-hydrogen) atoms. The van der Waals surface area contributed by atoms with Gasteiger partial charge in [0.25, 0.3) is 5.91 Å². The number of aryl methyl sites for hydroxylation is 1. The predicted molar refractivity (Wildman–Crippen MR) is 85.6 cm³/mol. The number of nitrogens with zero attached hydrogens (tertiary/aromatic N) is 1. The monoisotopic (exact) mass is 317 g/mol. The number of carbonyl (C=O) groups excluding carboxylic acids is 1. The smallest absolute Gasteiger partial charge is 0.257 e. The summed E-state index contributed by atoms with van der Waals surface area (Å²) in [5, 5.41) is 0.297. The fraction of sp³-hybridized carbons (Fsp3) is 0.278. The van der Waals surface area contributed by atoms with Crippen LogP contribution in [-0.4, -0.2) is 17.4 Å². The van der Waals surface area contributed by atoms with E-state index in [1.165, 1.54) is 17.7 Å². The van der Waals surface area contributed by atoms with Crippen LogP contribution in [0.1, 0.15) is 40.4 Å². The zero-order valence-electron chi connectivity index (χ0n) is 12.4. The van der Waals surface area contributed by atoms with E-state index in [9.17, 15) is 9.18 Å². The maximum absolute atomic E-state index is 14.0. The second-order valence-corrected chi connectivity index (χ2v) is 6.13. The summed E-state index contributed by atoms with van der Waals surface area (Å²) in [5.41, 5.74) is 2.37. The Hall–Kier alpha value is -1.87. The molecule has 2 aromatic carbocycles. The largest absolute Gasteiger partial charge is 0.332 e. The maximum Gasteiger partial charge on any atom is 0.257 e. The Kier molecular flexibility index (Phi) is 4.16. The Morgan fingerprint density at radius 1 is 1.23 bits per heavy atom. The minimum Gasteiger partial charge on any atom is -0.332 e. The highest BCUT2D eigenvalue weighted by atomic mass is 35.5. The Balaban J connectivity index is 1.89. The summed E-state index contributed by atoms with van der Waals surface area (Å²) in [4.78, 5) is 14.4. The van der Waals surface area contributed by atoms with Gasteiger partial charge in [-0.25, -0.2) is 4.39 Å². The summed E-state index contributed by atoms with van der Waals surface area (Å²) in [5.74, 6) is -0.829. The third-order valence-electron chi connectivity index (χ3n) is 4.14. The normalized spacial score (nSPS) is 17.8. The summed E-state index contributed by atoms with van der Waals surface area (Å²) < 4.78 is 14.0. The third-order valence-corrected chi connectivity index (χ3v) is 4.37. The van der Waals surface area contributed by atoms with Crippen LogP contribution in [0.3, 0.4) is 0 Å². The second-order valence-electron chi connectivity index (χ2n) is 5.69. The Morgan fingerprint density at radius 2 is 1.95 bits per heavy atom. The van der Waals surface area contributed by atoms with Gasteiger partial charge in [0.1, 0.15) is 5.82 Å². The molecular weight excluding hydrogens is 301 g/mol. The van der Waals surface area contributed by atoms with Crippen molar-refractivity contribution in [3.8, 4) is 0 Å². The van der Waals surface area contributed by atoms with Crippen molar-refractivity contribution >= 4 is 17.5 Å². The quantitative estimate of drug-likeness (QED) is 0.781. The van der Waals surface area contributed by atoms with E-state index in [1.807, 2.05) is 31.2 Å². The first-order chi connectivity index (χ1) is 10.6. The van der Waals surface area contributed by atoms with Gasteiger partial charge in [-0.3, -0.25) is 4.79 Å². The molecule has 1 atom stereocenters. The van der Waals surface area contributed by atoms with Gasteiger partial charge in [-0.15, -0.1) is 0 Å². The lowest BCUT2D eigenvalue weighted by molar-refractivity contribution is 0.0731. The highest BCUT2D eigenvalue weighted by molar-refractivity contribution is 6.30. The van der Waals surface area contributed by atoms with Gasteiger partial charge in [0.15, 0.2) is 0 Å². The van der Waals surface area contributed by atoms with E-state index in [0.717, 1.165) is 18.4 Å². The second kappa shape index (κ2) is 6.09. The zero-order valence-corrected chi connectivity index (χ0v) is 13.1. The number of likely N-dealkylation sites (tertiary alicyclic amines) is 1. The number of halogens is 2. The van der Waals surface area contributed by atoms with Gasteiger partial charge in [0, 0.05) is 11.6 Å². The van der Waals surface area contributed by atoms with Crippen molar-refractivity contribution in [1.82, 2.24) is 4.90 Å². The summed E-state index contributed by atoms with van der Waals surface area (Å²) in [6.45, 7) is 2.68. The molecule has 2 aromatic rings. The molecule has 1 heterocycles. The molecule has 1 fully saturated rings. The molecule has 1 saturated heterocycles. The van der Waals surface area contributed by atoms with Crippen molar-refractivity contribution in [2.45, 2.75) is 25.8 Å². The average molecular weight is 318 g/mol. The Labute approximate surface area is 134 Å². The molecule has 114 valence electrons. The van der Waals surface area contributed by atoms with Crippen LogP contribution >= 0.6 is 11.6 Å². The summed E-state index contributed by atoms with van der Waals surface area (Å²) in [6, 6.07) is 12.4. The molecule has 1 amide bonds. The summed E-state index contributed by atoms with van der Waals surface area (Å²) in [6.07, 6.45) is 1.84. The fourth-order valence-electron chi connectivity index (χ4n) is 2.96. The molecule has 2 nitrogen and oxygen atoms in total. The Bertz CT molecular complexity index is 699. The molecule has 1 aliphatic heterocycles. The van der Waals surface area contributed by atoms with Crippen molar-refractivity contribution in [3.63, 3.8) is 0 Å². The highest BCUT2D eigenvalue weighted by Crippen LogP contribution is 2.33. The number of hydrogen-bond donors (Lipinski definition) is 0. The lowest BCUT2D eigenvalue weighted by Crippen LogP contribution is -2.31. The van der Waals surface area contributed by atoms with E-state index in [1.54, 1.807) is 11.0 Å². The van der Waals surface area contributed by atoms with E-state index in [2.05, 4.69) is 0 Å². The van der Waals surface area contributed by atoms with Crippen molar-refractivity contribution < 1.29 is 9.18 Å². The lowest BCUT2D eigenvalue weighted by atomic mass is 10.0. The zero-order chi connectivity index (χ0) is 15.7. The molecule has 1 unspecified atom stereocenters. The first kappa shape index (κ1) is 15.0. The standard InChI is InChI=1S/C18H17ClFNO/c1-12-4-6-13(7-5-12)17-3-2-10-21(17)18(22)15-9-8-14(19)11-16(15)20/h4-9,11,17H,2-3,10H2,1H3. The average Bonchev–Trinajstić information content (AvgIpc) is 2.97. The van der Waals surface area contributed by atoms with Crippen LogP contribution in [0, 0.1) is 12.7 Å². The predicted octanol–water partition coefficient (Wildman–Crippen LogP) is 4.76. The van der Waals surface area contributed by atoms with Crippen molar-refractivity contribution in [2.24, 2.45) is 0 Å². The fourth-order valence-corrected chi connectivity index (χ4v) is 3.12. The molecular formula is C18H17ClFNO. The van der Waals surface area contributed by atoms with Crippen LogP contribution < -0.4 is 0 Å². The molecule has 0 saturated carbocycles. The van der Waals surface area contributed by atoms with Gasteiger partial charge >= 0.3 is 0 Å². The number of amides is 1. The van der Waals surface area contributed by atoms with Crippen LogP contribution in [0.2, 0.25) is 5.02 Å². The lowest BCUT2D eigenvalue weighted by Gasteiger charge is -2.25. The van der Waals surface area contributed by atoms with Crippen LogP contribution in [0.5, 0.6) is 0 Å². The molecule has 0 aliphatic carbocycles. The van der Waals surface area contributed by atoms with Crippen LogP contribution in [0.25, 0.3) is 0 Å². The minimum atomic E-state index is -0.563. The van der Waals surface area contributed by atoms with Crippen molar-refractivity contribution in [1.29, 1.82) is 0 Å². The topological polar surface area (TPSA) is 20.3 Å². The van der Waals surface area contributed by atoms with Crippen molar-refractivity contribution in [3.05, 3.63) is 70.0 Å². The van der Waals surface area contributed by atoms with E-state index < -0.39 is 5.82 Å². The molecule has 4 heteroatoms. The summed E-state index contributed by atoms with van der Waals surface area (Å²) >= 11 is 5.76. The van der Waals surface area contributed by atoms with E-state index in [-0.39, 0.29) is 17.5 Å². The first-order valence-corrected chi connectivity index (χ1v) is 7.76. The van der Waals surface area contributed by atoms with Crippen LogP contribution in [-0.2, 0) is 0 Å². The van der Waals surface area contributed by atoms with Gasteiger partial charge < -0.3 is 4.90 Å². The third kappa shape index (κ3) is 2.86. The first-order valence-electron chi connectivity index (χ1n) is 7.39. The molecule has 1 aliphatic rings. The molecule has 0 spiro atoms. The van der Waals surface area contributed by atoms with E-state index in [4.69, 9.17) is 11.6 Å². The van der Waals surface area contributed by atoms with Gasteiger partial charge in [-0.2, -0.15) is 0 Å². The van der Waals surface area contributed by atoms with Gasteiger partial charge in [-0.1, -0.05) is 41.4 Å². The van der Waals surface area contributed by atoms with E-state index in [0.29, 0.717) is 11.6 Å². The molecule has 0 radical (unpaired) electrons. The minimum absolute atomic E-state index is 0.0168.